The van der Waals surface area contributed by atoms with E-state index in [1.807, 2.05) is 38.6 Å². The van der Waals surface area contributed by atoms with Gasteiger partial charge in [0, 0.05) is 34.4 Å². The molecule has 1 unspecified atom stereocenters. The molecule has 0 aliphatic heterocycles. The molecule has 1 N–H and O–H groups in total. The van der Waals surface area contributed by atoms with Gasteiger partial charge in [-0.1, -0.05) is 24.3 Å². The quantitative estimate of drug-likeness (QED) is 0.792. The number of nitrogens with zero attached hydrogens (tertiary/aromatic N) is 2. The summed E-state index contributed by atoms with van der Waals surface area (Å²) in [5, 5.41) is 6.86. The molecule has 0 bridgehead atoms. The highest BCUT2D eigenvalue weighted by molar-refractivity contribution is 7.11. The zero-order valence-corrected chi connectivity index (χ0v) is 11.7. The first kappa shape index (κ1) is 12.3. The first-order valence-electron chi connectivity index (χ1n) is 6.22. The van der Waals surface area contributed by atoms with Crippen LogP contribution in [0.5, 0.6) is 0 Å². The molecular formula is C15H15N3S. The Labute approximate surface area is 116 Å². The second-order valence-corrected chi connectivity index (χ2v) is 5.72. The summed E-state index contributed by atoms with van der Waals surface area (Å²) in [5.41, 5.74) is 1.20. The molecule has 0 spiro atoms. The lowest BCUT2D eigenvalue weighted by Crippen LogP contribution is -2.17. The Balaban J connectivity index is 2.16. The van der Waals surface area contributed by atoms with Gasteiger partial charge in [0.15, 0.2) is 0 Å². The van der Waals surface area contributed by atoms with Crippen molar-refractivity contribution in [3.63, 3.8) is 0 Å². The number of thiazole rings is 1. The number of benzene rings is 1. The third-order valence-electron chi connectivity index (χ3n) is 3.22. The Morgan fingerprint density at radius 2 is 2.00 bits per heavy atom. The van der Waals surface area contributed by atoms with Crippen molar-refractivity contribution in [2.75, 3.05) is 7.05 Å². The fraction of sp³-hybridized carbons (Fsp3) is 0.200. The maximum Gasteiger partial charge on any atom is 0.0897 e. The molecule has 3 nitrogen and oxygen atoms in total. The number of nitrogens with one attached hydrogen (secondary N) is 1. The van der Waals surface area contributed by atoms with E-state index >= 15 is 0 Å². The van der Waals surface area contributed by atoms with Crippen molar-refractivity contribution in [2.45, 2.75) is 13.0 Å². The Hall–Kier alpha value is -1.78. The van der Waals surface area contributed by atoms with Gasteiger partial charge in [0.1, 0.15) is 0 Å². The molecule has 1 atom stereocenters. The monoisotopic (exact) mass is 269 g/mol. The van der Waals surface area contributed by atoms with Crippen molar-refractivity contribution in [3.05, 3.63) is 58.3 Å². The standard InChI is InChI=1S/C15H15N3S/c1-10-18-9-14(19-10)15(16-2)13-8-17-7-11-5-3-4-6-12(11)13/h3-9,15-16H,1-2H3. The molecule has 0 radical (unpaired) electrons. The number of hydrogen-bond acceptors (Lipinski definition) is 4. The molecule has 0 aliphatic carbocycles. The highest BCUT2D eigenvalue weighted by Crippen LogP contribution is 2.30. The highest BCUT2D eigenvalue weighted by atomic mass is 32.1. The molecule has 3 rings (SSSR count). The summed E-state index contributed by atoms with van der Waals surface area (Å²) < 4.78 is 0. The minimum atomic E-state index is 0.143. The van der Waals surface area contributed by atoms with Crippen LogP contribution in [0.15, 0.2) is 42.9 Å². The van der Waals surface area contributed by atoms with Crippen molar-refractivity contribution in [1.29, 1.82) is 0 Å². The molecule has 0 aliphatic rings. The molecule has 1 aromatic carbocycles. The fourth-order valence-corrected chi connectivity index (χ4v) is 3.25. The topological polar surface area (TPSA) is 37.8 Å². The van der Waals surface area contributed by atoms with Gasteiger partial charge in [-0.05, 0) is 19.4 Å². The molecular weight excluding hydrogens is 254 g/mol. The van der Waals surface area contributed by atoms with Crippen molar-refractivity contribution in [3.8, 4) is 0 Å². The Morgan fingerprint density at radius 1 is 1.16 bits per heavy atom. The van der Waals surface area contributed by atoms with Crippen LogP contribution < -0.4 is 5.32 Å². The van der Waals surface area contributed by atoms with Gasteiger partial charge in [-0.2, -0.15) is 0 Å². The van der Waals surface area contributed by atoms with Gasteiger partial charge in [0.2, 0.25) is 0 Å². The largest absolute Gasteiger partial charge is 0.309 e. The second-order valence-electron chi connectivity index (χ2n) is 4.45. The molecule has 0 amide bonds. The van der Waals surface area contributed by atoms with Gasteiger partial charge >= 0.3 is 0 Å². The zero-order chi connectivity index (χ0) is 13.2. The third kappa shape index (κ3) is 2.25. The molecule has 96 valence electrons. The molecule has 0 saturated carbocycles. The number of aryl methyl sites for hydroxylation is 1. The van der Waals surface area contributed by atoms with Crippen LogP contribution in [0.4, 0.5) is 0 Å². The number of pyridine rings is 1. The summed E-state index contributed by atoms with van der Waals surface area (Å²) in [6.45, 7) is 2.03. The van der Waals surface area contributed by atoms with Gasteiger partial charge in [-0.15, -0.1) is 11.3 Å². The Morgan fingerprint density at radius 3 is 2.74 bits per heavy atom. The van der Waals surface area contributed by atoms with Crippen molar-refractivity contribution in [1.82, 2.24) is 15.3 Å². The van der Waals surface area contributed by atoms with Crippen molar-refractivity contribution >= 4 is 22.1 Å². The summed E-state index contributed by atoms with van der Waals surface area (Å²) in [7, 11) is 1.97. The van der Waals surface area contributed by atoms with Crippen LogP contribution in [-0.4, -0.2) is 17.0 Å². The summed E-state index contributed by atoms with van der Waals surface area (Å²) in [6, 6.07) is 8.49. The van der Waals surface area contributed by atoms with Gasteiger partial charge < -0.3 is 5.32 Å². The third-order valence-corrected chi connectivity index (χ3v) is 4.20. The minimum Gasteiger partial charge on any atom is -0.309 e. The van der Waals surface area contributed by atoms with Gasteiger partial charge in [0.05, 0.1) is 11.0 Å². The van der Waals surface area contributed by atoms with E-state index in [1.54, 1.807) is 11.3 Å². The zero-order valence-electron chi connectivity index (χ0n) is 10.9. The van der Waals surface area contributed by atoms with Crippen molar-refractivity contribution < 1.29 is 0 Å². The minimum absolute atomic E-state index is 0.143. The lowest BCUT2D eigenvalue weighted by Gasteiger charge is -2.16. The van der Waals surface area contributed by atoms with E-state index in [-0.39, 0.29) is 6.04 Å². The van der Waals surface area contributed by atoms with Gasteiger partial charge in [0.25, 0.3) is 0 Å². The maximum atomic E-state index is 4.36. The normalized spacial score (nSPS) is 12.7. The summed E-state index contributed by atoms with van der Waals surface area (Å²) >= 11 is 1.72. The van der Waals surface area contributed by atoms with Crippen LogP contribution in [0.1, 0.15) is 21.5 Å². The van der Waals surface area contributed by atoms with E-state index in [1.165, 1.54) is 21.2 Å². The van der Waals surface area contributed by atoms with Crippen LogP contribution in [0.25, 0.3) is 10.8 Å². The highest BCUT2D eigenvalue weighted by Gasteiger charge is 2.17. The molecule has 19 heavy (non-hydrogen) atoms. The van der Waals surface area contributed by atoms with E-state index < -0.39 is 0 Å². The Kier molecular flexibility index (Phi) is 3.27. The molecule has 2 heterocycles. The van der Waals surface area contributed by atoms with E-state index in [4.69, 9.17) is 0 Å². The number of hydrogen-bond donors (Lipinski definition) is 1. The number of fused-ring (bicyclic) bond motifs is 1. The molecule has 0 saturated heterocycles. The molecule has 0 fully saturated rings. The van der Waals surface area contributed by atoms with Gasteiger partial charge in [-0.3, -0.25) is 4.98 Å². The Bertz CT molecular complexity index is 700. The lowest BCUT2D eigenvalue weighted by atomic mass is 10.0. The van der Waals surface area contributed by atoms with Crippen molar-refractivity contribution in [2.24, 2.45) is 0 Å². The number of aromatic nitrogens is 2. The summed E-state index contributed by atoms with van der Waals surface area (Å²) in [4.78, 5) is 9.93. The lowest BCUT2D eigenvalue weighted by molar-refractivity contribution is 0.704. The SMILES string of the molecule is CNC(c1cnc(C)s1)c1cncc2ccccc12. The van der Waals surface area contributed by atoms with Gasteiger partial charge in [-0.25, -0.2) is 4.98 Å². The average molecular weight is 269 g/mol. The van der Waals surface area contributed by atoms with Crippen LogP contribution >= 0.6 is 11.3 Å². The van der Waals surface area contributed by atoms with E-state index in [0.29, 0.717) is 0 Å². The van der Waals surface area contributed by atoms with Crippen LogP contribution in [0, 0.1) is 6.92 Å². The van der Waals surface area contributed by atoms with Crippen LogP contribution in [0.3, 0.4) is 0 Å². The molecule has 3 aromatic rings. The molecule has 4 heteroatoms. The fourth-order valence-electron chi connectivity index (χ4n) is 2.33. The van der Waals surface area contributed by atoms with E-state index in [0.717, 1.165) is 5.01 Å². The summed E-state index contributed by atoms with van der Waals surface area (Å²) in [6.07, 6.45) is 5.80. The van der Waals surface area contributed by atoms with E-state index in [2.05, 4.69) is 33.5 Å². The second kappa shape index (κ2) is 5.07. The van der Waals surface area contributed by atoms with E-state index in [9.17, 15) is 0 Å². The molecule has 2 aromatic heterocycles. The van der Waals surface area contributed by atoms with Crippen LogP contribution in [0.2, 0.25) is 0 Å². The first-order chi connectivity index (χ1) is 9.29. The predicted molar refractivity (Wildman–Crippen MR) is 79.5 cm³/mol. The maximum absolute atomic E-state index is 4.36. The smallest absolute Gasteiger partial charge is 0.0897 e. The first-order valence-corrected chi connectivity index (χ1v) is 7.03. The summed E-state index contributed by atoms with van der Waals surface area (Å²) in [5.74, 6) is 0. The van der Waals surface area contributed by atoms with Crippen LogP contribution in [-0.2, 0) is 0 Å². The average Bonchev–Trinajstić information content (AvgIpc) is 2.86. The predicted octanol–water partition coefficient (Wildman–Crippen LogP) is 3.31. The number of rotatable bonds is 3.